The third kappa shape index (κ3) is 6.93. The highest BCUT2D eigenvalue weighted by molar-refractivity contribution is 6.13. The van der Waals surface area contributed by atoms with Crippen molar-refractivity contribution in [1.29, 1.82) is 5.26 Å². The summed E-state index contributed by atoms with van der Waals surface area (Å²) in [7, 11) is 0. The molecule has 0 aliphatic carbocycles. The fourth-order valence-electron chi connectivity index (χ4n) is 8.96. The van der Waals surface area contributed by atoms with Crippen LogP contribution in [0, 0.1) is 18.3 Å². The van der Waals surface area contributed by atoms with E-state index in [9.17, 15) is 44.8 Å². The number of aryl methyl sites for hydroxylation is 1. The van der Waals surface area contributed by atoms with Crippen molar-refractivity contribution in [2.24, 2.45) is 0 Å². The maximum atomic E-state index is 14.4. The van der Waals surface area contributed by atoms with Crippen LogP contribution in [0.3, 0.4) is 0 Å². The number of pyridine rings is 1. The lowest BCUT2D eigenvalue weighted by Crippen LogP contribution is -2.12. The molecule has 7 aromatic carbocycles. The number of benzene rings is 7. The molecular formula is C52H29F9N4. The summed E-state index contributed by atoms with van der Waals surface area (Å²) in [6.45, 7) is 1.61. The Morgan fingerprint density at radius 3 is 1.54 bits per heavy atom. The van der Waals surface area contributed by atoms with E-state index in [0.29, 0.717) is 78.0 Å². The van der Waals surface area contributed by atoms with E-state index in [0.717, 1.165) is 23.0 Å². The summed E-state index contributed by atoms with van der Waals surface area (Å²) in [6, 6.07) is 39.6. The number of halogens is 9. The summed E-state index contributed by atoms with van der Waals surface area (Å²) in [4.78, 5) is 4.50. The molecule has 4 nitrogen and oxygen atoms in total. The molecule has 320 valence electrons. The van der Waals surface area contributed by atoms with E-state index in [2.05, 4.69) is 11.1 Å². The lowest BCUT2D eigenvalue weighted by molar-refractivity contribution is -0.143. The first-order valence-electron chi connectivity index (χ1n) is 20.0. The van der Waals surface area contributed by atoms with E-state index in [1.54, 1.807) is 92.1 Å². The molecule has 0 bridgehead atoms. The van der Waals surface area contributed by atoms with Crippen LogP contribution in [0.25, 0.3) is 88.4 Å². The highest BCUT2D eigenvalue weighted by atomic mass is 19.4. The summed E-state index contributed by atoms with van der Waals surface area (Å²) in [6.07, 6.45) is -11.4. The van der Waals surface area contributed by atoms with E-state index >= 15 is 0 Å². The van der Waals surface area contributed by atoms with Gasteiger partial charge >= 0.3 is 18.5 Å². The monoisotopic (exact) mass is 880 g/mol. The van der Waals surface area contributed by atoms with Crippen molar-refractivity contribution in [3.8, 4) is 50.8 Å². The summed E-state index contributed by atoms with van der Waals surface area (Å²) in [5.41, 5.74) is 2.27. The second kappa shape index (κ2) is 14.9. The van der Waals surface area contributed by atoms with Gasteiger partial charge in [0.05, 0.1) is 61.8 Å². The van der Waals surface area contributed by atoms with E-state index in [4.69, 9.17) is 0 Å². The molecular weight excluding hydrogens is 852 g/mol. The maximum absolute atomic E-state index is 14.4. The van der Waals surface area contributed by atoms with E-state index < -0.39 is 40.8 Å². The molecule has 0 radical (unpaired) electrons. The number of nitriles is 1. The predicted octanol–water partition coefficient (Wildman–Crippen LogP) is 15.5. The van der Waals surface area contributed by atoms with Crippen molar-refractivity contribution in [3.05, 3.63) is 186 Å². The minimum absolute atomic E-state index is 0.0411. The zero-order chi connectivity index (χ0) is 45.6. The molecule has 0 aliphatic heterocycles. The van der Waals surface area contributed by atoms with Crippen molar-refractivity contribution in [3.63, 3.8) is 0 Å². The molecule has 0 aliphatic rings. The number of para-hydroxylation sites is 2. The van der Waals surface area contributed by atoms with Crippen molar-refractivity contribution < 1.29 is 39.5 Å². The van der Waals surface area contributed by atoms with Gasteiger partial charge in [-0.25, -0.2) is 0 Å². The Hall–Kier alpha value is -7.85. The van der Waals surface area contributed by atoms with Crippen LogP contribution < -0.4 is 0 Å². The van der Waals surface area contributed by atoms with Gasteiger partial charge in [-0.15, -0.1) is 0 Å². The number of fused-ring (bicyclic) bond motifs is 6. The van der Waals surface area contributed by atoms with Gasteiger partial charge in [-0.2, -0.15) is 44.8 Å². The summed E-state index contributed by atoms with van der Waals surface area (Å²) in [5, 5.41) is 12.8. The lowest BCUT2D eigenvalue weighted by Gasteiger charge is -2.19. The number of alkyl halides is 9. The molecule has 3 aromatic heterocycles. The van der Waals surface area contributed by atoms with Crippen LogP contribution in [0.5, 0.6) is 0 Å². The van der Waals surface area contributed by atoms with E-state index in [-0.39, 0.29) is 17.2 Å². The summed E-state index contributed by atoms with van der Waals surface area (Å²) in [5.74, 6) is 0. The van der Waals surface area contributed by atoms with Crippen molar-refractivity contribution in [1.82, 2.24) is 14.1 Å². The van der Waals surface area contributed by atoms with Gasteiger partial charge in [0, 0.05) is 45.1 Å². The number of nitrogens with zero attached hydrogens (tertiary/aromatic N) is 4. The predicted molar refractivity (Wildman–Crippen MR) is 234 cm³/mol. The van der Waals surface area contributed by atoms with Gasteiger partial charge in [0.15, 0.2) is 0 Å². The van der Waals surface area contributed by atoms with Crippen molar-refractivity contribution >= 4 is 43.6 Å². The maximum Gasteiger partial charge on any atom is 0.417 e. The first-order chi connectivity index (χ1) is 31.0. The first-order valence-corrected chi connectivity index (χ1v) is 20.0. The molecule has 0 spiro atoms. The largest absolute Gasteiger partial charge is 0.417 e. The van der Waals surface area contributed by atoms with Gasteiger partial charge in [0.1, 0.15) is 0 Å². The normalized spacial score (nSPS) is 12.4. The Balaban J connectivity index is 1.19. The molecule has 0 unspecified atom stereocenters. The average Bonchev–Trinajstić information content (AvgIpc) is 3.79. The molecule has 10 rings (SSSR count). The second-order valence-electron chi connectivity index (χ2n) is 15.7. The fraction of sp³-hybridized carbons (Fsp3) is 0.0769. The molecule has 0 amide bonds. The summed E-state index contributed by atoms with van der Waals surface area (Å²) >= 11 is 0. The van der Waals surface area contributed by atoms with Crippen molar-refractivity contribution in [2.45, 2.75) is 25.5 Å². The molecule has 3 heterocycles. The number of aromatic nitrogens is 3. The number of hydrogen-bond acceptors (Lipinski definition) is 2. The Labute approximate surface area is 363 Å². The average molecular weight is 881 g/mol. The third-order valence-corrected chi connectivity index (χ3v) is 11.8. The molecule has 0 fully saturated rings. The van der Waals surface area contributed by atoms with Crippen LogP contribution in [0.1, 0.15) is 27.8 Å². The fourth-order valence-corrected chi connectivity index (χ4v) is 8.96. The zero-order valence-electron chi connectivity index (χ0n) is 33.7. The van der Waals surface area contributed by atoms with E-state index in [1.807, 2.05) is 39.5 Å². The lowest BCUT2D eigenvalue weighted by atomic mass is 9.95. The van der Waals surface area contributed by atoms with Crippen LogP contribution in [-0.4, -0.2) is 14.1 Å². The van der Waals surface area contributed by atoms with Gasteiger partial charge in [-0.1, -0.05) is 72.3 Å². The van der Waals surface area contributed by atoms with Gasteiger partial charge < -0.3 is 9.13 Å². The minimum Gasteiger partial charge on any atom is -0.309 e. The van der Waals surface area contributed by atoms with Crippen LogP contribution in [-0.2, 0) is 18.5 Å². The Kier molecular flexibility index (Phi) is 9.42. The summed E-state index contributed by atoms with van der Waals surface area (Å²) < 4.78 is 131. The minimum atomic E-state index is -5.09. The number of hydrogen-bond donors (Lipinski definition) is 0. The SMILES string of the molecule is Cc1ccc(-c2ccc3c(c2)c2ccccc2n3-c2ccc(C#N)cc2-c2cnccc2-n2c3ccccc3c3cc(-c4ccc(C(F)(F)F)cc4C(F)(F)F)ccc32)c(C(F)(F)F)c1. The Morgan fingerprint density at radius 1 is 0.462 bits per heavy atom. The van der Waals surface area contributed by atoms with Gasteiger partial charge in [-0.05, 0) is 108 Å². The molecule has 0 saturated heterocycles. The second-order valence-corrected chi connectivity index (χ2v) is 15.7. The molecule has 0 atom stereocenters. The van der Waals surface area contributed by atoms with Gasteiger partial charge in [0.25, 0.3) is 0 Å². The topological polar surface area (TPSA) is 46.5 Å². The first kappa shape index (κ1) is 41.2. The van der Waals surface area contributed by atoms with Gasteiger partial charge in [-0.3, -0.25) is 4.98 Å². The highest BCUT2D eigenvalue weighted by Crippen LogP contribution is 2.46. The quantitative estimate of drug-likeness (QED) is 0.162. The van der Waals surface area contributed by atoms with E-state index in [1.165, 1.54) is 18.2 Å². The van der Waals surface area contributed by atoms with Crippen LogP contribution in [0.15, 0.2) is 158 Å². The van der Waals surface area contributed by atoms with Crippen LogP contribution >= 0.6 is 0 Å². The Morgan fingerprint density at radius 2 is 0.985 bits per heavy atom. The molecule has 0 saturated carbocycles. The standard InChI is InChI=1S/C52H29F9N4/c1-29-10-15-34(42(22-29)51(56,57)58)31-12-18-47-39(24-31)36-6-2-4-8-44(36)64(47)46-17-11-30(27-62)23-38(46)41-28-63-21-20-49(41)65-45-9-5-3-7-37(45)40-25-32(13-19-48(40)65)35-16-14-33(50(53,54)55)26-43(35)52(59,60)61/h2-26,28H,1H3. The van der Waals surface area contributed by atoms with Crippen LogP contribution in [0.2, 0.25) is 0 Å². The van der Waals surface area contributed by atoms with Gasteiger partial charge in [0.2, 0.25) is 0 Å². The molecule has 65 heavy (non-hydrogen) atoms. The smallest absolute Gasteiger partial charge is 0.309 e. The molecule has 13 heteroatoms. The Bertz CT molecular complexity index is 3600. The third-order valence-electron chi connectivity index (χ3n) is 11.8. The zero-order valence-corrected chi connectivity index (χ0v) is 33.7. The number of rotatable bonds is 5. The molecule has 10 aromatic rings. The van der Waals surface area contributed by atoms with Crippen molar-refractivity contribution in [2.75, 3.05) is 0 Å². The highest BCUT2D eigenvalue weighted by Gasteiger charge is 2.39. The van der Waals surface area contributed by atoms with Crippen LogP contribution in [0.4, 0.5) is 39.5 Å². The molecule has 0 N–H and O–H groups in total.